The zero-order chi connectivity index (χ0) is 11.7. The molecule has 1 atom stereocenters. The van der Waals surface area contributed by atoms with Gasteiger partial charge < -0.3 is 16.0 Å². The van der Waals surface area contributed by atoms with Crippen LogP contribution >= 0.6 is 0 Å². The number of carbonyl (C=O) groups excluding carboxylic acids is 1. The van der Waals surface area contributed by atoms with E-state index in [1.54, 1.807) is 0 Å². The number of hydrogen-bond donors (Lipinski definition) is 2. The molecule has 0 saturated heterocycles. The first-order chi connectivity index (χ1) is 7.11. The lowest BCUT2D eigenvalue weighted by Crippen LogP contribution is -2.33. The van der Waals surface area contributed by atoms with Crippen molar-refractivity contribution in [3.05, 3.63) is 0 Å². The van der Waals surface area contributed by atoms with E-state index in [2.05, 4.69) is 24.1 Å². The van der Waals surface area contributed by atoms with Crippen molar-refractivity contribution in [2.75, 3.05) is 32.7 Å². The Morgan fingerprint density at radius 1 is 1.40 bits per heavy atom. The van der Waals surface area contributed by atoms with Crippen molar-refractivity contribution in [2.24, 2.45) is 11.7 Å². The van der Waals surface area contributed by atoms with E-state index in [1.165, 1.54) is 0 Å². The second kappa shape index (κ2) is 8.68. The average Bonchev–Trinajstić information content (AvgIpc) is 2.23. The third kappa shape index (κ3) is 7.33. The van der Waals surface area contributed by atoms with E-state index in [-0.39, 0.29) is 11.8 Å². The van der Waals surface area contributed by atoms with E-state index in [0.29, 0.717) is 6.54 Å². The SMILES string of the molecule is CCN(CC)CCCNCC(C)C(N)=O. The minimum absolute atomic E-state index is 0.0709. The molecule has 0 aromatic rings. The van der Waals surface area contributed by atoms with Gasteiger partial charge in [0.05, 0.1) is 0 Å². The molecular formula is C11H25N3O. The van der Waals surface area contributed by atoms with Crippen LogP contribution in [0.15, 0.2) is 0 Å². The fourth-order valence-corrected chi connectivity index (χ4v) is 1.39. The van der Waals surface area contributed by atoms with Crippen molar-refractivity contribution >= 4 is 5.91 Å². The summed E-state index contributed by atoms with van der Waals surface area (Å²) in [4.78, 5) is 13.1. The molecule has 1 unspecified atom stereocenters. The second-order valence-electron chi connectivity index (χ2n) is 3.89. The van der Waals surface area contributed by atoms with E-state index in [0.717, 1.165) is 32.6 Å². The Kier molecular flexibility index (Phi) is 8.33. The summed E-state index contributed by atoms with van der Waals surface area (Å²) in [7, 11) is 0. The molecule has 0 rings (SSSR count). The van der Waals surface area contributed by atoms with E-state index in [4.69, 9.17) is 5.73 Å². The zero-order valence-corrected chi connectivity index (χ0v) is 10.3. The first-order valence-electron chi connectivity index (χ1n) is 5.84. The summed E-state index contributed by atoms with van der Waals surface area (Å²) in [5.74, 6) is -0.301. The molecule has 0 aromatic carbocycles. The highest BCUT2D eigenvalue weighted by Crippen LogP contribution is 1.91. The molecule has 4 nitrogen and oxygen atoms in total. The van der Waals surface area contributed by atoms with Crippen LogP contribution in [0.2, 0.25) is 0 Å². The number of amides is 1. The lowest BCUT2D eigenvalue weighted by Gasteiger charge is -2.18. The van der Waals surface area contributed by atoms with Crippen LogP contribution in [0.4, 0.5) is 0 Å². The molecule has 1 amide bonds. The van der Waals surface area contributed by atoms with Crippen LogP contribution in [0, 0.1) is 5.92 Å². The summed E-state index contributed by atoms with van der Waals surface area (Å²) in [6.07, 6.45) is 1.12. The summed E-state index contributed by atoms with van der Waals surface area (Å²) in [6.45, 7) is 11.2. The highest BCUT2D eigenvalue weighted by molar-refractivity contribution is 5.76. The van der Waals surface area contributed by atoms with Gasteiger partial charge in [0, 0.05) is 12.5 Å². The lowest BCUT2D eigenvalue weighted by atomic mass is 10.2. The van der Waals surface area contributed by atoms with Crippen LogP contribution in [0.25, 0.3) is 0 Å². The normalized spacial score (nSPS) is 13.1. The third-order valence-electron chi connectivity index (χ3n) is 2.66. The first-order valence-corrected chi connectivity index (χ1v) is 5.84. The van der Waals surface area contributed by atoms with Crippen LogP contribution in [0.5, 0.6) is 0 Å². The minimum Gasteiger partial charge on any atom is -0.369 e. The number of nitrogens with two attached hydrogens (primary N) is 1. The second-order valence-corrected chi connectivity index (χ2v) is 3.89. The van der Waals surface area contributed by atoms with Gasteiger partial charge in [-0.3, -0.25) is 4.79 Å². The number of nitrogens with zero attached hydrogens (tertiary/aromatic N) is 1. The summed E-state index contributed by atoms with van der Waals surface area (Å²) >= 11 is 0. The van der Waals surface area contributed by atoms with Gasteiger partial charge in [-0.1, -0.05) is 20.8 Å². The Morgan fingerprint density at radius 3 is 2.47 bits per heavy atom. The number of carbonyl (C=O) groups is 1. The van der Waals surface area contributed by atoms with Crippen molar-refractivity contribution in [3.8, 4) is 0 Å². The highest BCUT2D eigenvalue weighted by Gasteiger charge is 2.06. The Bertz CT molecular complexity index is 169. The number of hydrogen-bond acceptors (Lipinski definition) is 3. The molecule has 0 fully saturated rings. The lowest BCUT2D eigenvalue weighted by molar-refractivity contribution is -0.121. The smallest absolute Gasteiger partial charge is 0.221 e. The molecule has 0 radical (unpaired) electrons. The van der Waals surface area contributed by atoms with E-state index in [1.807, 2.05) is 6.92 Å². The van der Waals surface area contributed by atoms with Crippen molar-refractivity contribution < 1.29 is 4.79 Å². The van der Waals surface area contributed by atoms with Gasteiger partial charge in [0.25, 0.3) is 0 Å². The molecule has 15 heavy (non-hydrogen) atoms. The molecule has 0 aliphatic rings. The standard InChI is InChI=1S/C11H25N3O/c1-4-14(5-2)8-6-7-13-9-10(3)11(12)15/h10,13H,4-9H2,1-3H3,(H2,12,15). The van der Waals surface area contributed by atoms with Gasteiger partial charge in [0.15, 0.2) is 0 Å². The van der Waals surface area contributed by atoms with Gasteiger partial charge in [-0.05, 0) is 32.6 Å². The Hall–Kier alpha value is -0.610. The molecule has 3 N–H and O–H groups in total. The molecule has 0 spiro atoms. The Labute approximate surface area is 93.2 Å². The molecule has 0 saturated carbocycles. The molecular weight excluding hydrogens is 190 g/mol. The highest BCUT2D eigenvalue weighted by atomic mass is 16.1. The minimum atomic E-state index is -0.230. The first kappa shape index (κ1) is 14.4. The fraction of sp³-hybridized carbons (Fsp3) is 0.909. The molecule has 0 aromatic heterocycles. The molecule has 0 aliphatic carbocycles. The Morgan fingerprint density at radius 2 is 2.00 bits per heavy atom. The van der Waals surface area contributed by atoms with Gasteiger partial charge in [-0.15, -0.1) is 0 Å². The number of rotatable bonds is 9. The molecule has 0 bridgehead atoms. The van der Waals surface area contributed by atoms with E-state index >= 15 is 0 Å². The largest absolute Gasteiger partial charge is 0.369 e. The van der Waals surface area contributed by atoms with Crippen molar-refractivity contribution in [1.82, 2.24) is 10.2 Å². The summed E-state index contributed by atoms with van der Waals surface area (Å²) in [5, 5.41) is 3.24. The van der Waals surface area contributed by atoms with Gasteiger partial charge in [0.2, 0.25) is 5.91 Å². The van der Waals surface area contributed by atoms with Crippen LogP contribution in [-0.2, 0) is 4.79 Å². The summed E-state index contributed by atoms with van der Waals surface area (Å²) in [5.41, 5.74) is 5.15. The van der Waals surface area contributed by atoms with E-state index < -0.39 is 0 Å². The van der Waals surface area contributed by atoms with Gasteiger partial charge >= 0.3 is 0 Å². The fourth-order valence-electron chi connectivity index (χ4n) is 1.39. The van der Waals surface area contributed by atoms with Crippen LogP contribution in [0.1, 0.15) is 27.2 Å². The zero-order valence-electron chi connectivity index (χ0n) is 10.3. The maximum atomic E-state index is 10.7. The van der Waals surface area contributed by atoms with Gasteiger partial charge in [0.1, 0.15) is 0 Å². The monoisotopic (exact) mass is 215 g/mol. The quantitative estimate of drug-likeness (QED) is 0.548. The van der Waals surface area contributed by atoms with Crippen molar-refractivity contribution in [1.29, 1.82) is 0 Å². The topological polar surface area (TPSA) is 58.4 Å². The van der Waals surface area contributed by atoms with E-state index in [9.17, 15) is 4.79 Å². The maximum absolute atomic E-state index is 10.7. The Balaban J connectivity index is 3.35. The van der Waals surface area contributed by atoms with Crippen LogP contribution in [-0.4, -0.2) is 43.5 Å². The predicted octanol–water partition coefficient (Wildman–Crippen LogP) is 0.429. The van der Waals surface area contributed by atoms with Crippen LogP contribution in [0.3, 0.4) is 0 Å². The van der Waals surface area contributed by atoms with Gasteiger partial charge in [-0.2, -0.15) is 0 Å². The van der Waals surface area contributed by atoms with Crippen molar-refractivity contribution in [2.45, 2.75) is 27.2 Å². The maximum Gasteiger partial charge on any atom is 0.221 e. The third-order valence-corrected chi connectivity index (χ3v) is 2.66. The molecule has 4 heteroatoms. The summed E-state index contributed by atoms with van der Waals surface area (Å²) < 4.78 is 0. The number of primary amides is 1. The van der Waals surface area contributed by atoms with Crippen molar-refractivity contribution in [3.63, 3.8) is 0 Å². The average molecular weight is 215 g/mol. The number of nitrogens with one attached hydrogen (secondary N) is 1. The molecule has 0 heterocycles. The molecule has 90 valence electrons. The van der Waals surface area contributed by atoms with Gasteiger partial charge in [-0.25, -0.2) is 0 Å². The summed E-state index contributed by atoms with van der Waals surface area (Å²) in [6, 6.07) is 0. The predicted molar refractivity (Wildman–Crippen MR) is 63.6 cm³/mol. The van der Waals surface area contributed by atoms with Crippen LogP contribution < -0.4 is 11.1 Å². The molecule has 0 aliphatic heterocycles.